The Morgan fingerprint density at radius 3 is 2.75 bits per heavy atom. The third kappa shape index (κ3) is 4.23. The van der Waals surface area contributed by atoms with Gasteiger partial charge in [0.25, 0.3) is 0 Å². The molecule has 1 aliphatic rings. The average Bonchev–Trinajstić information content (AvgIpc) is 2.44. The number of hydrogen-bond acceptors (Lipinski definition) is 2. The Labute approximate surface area is 120 Å². The van der Waals surface area contributed by atoms with E-state index in [1.54, 1.807) is 0 Å². The summed E-state index contributed by atoms with van der Waals surface area (Å²) in [6, 6.07) is 5.87. The van der Waals surface area contributed by atoms with E-state index in [4.69, 9.17) is 4.74 Å². The van der Waals surface area contributed by atoms with E-state index in [9.17, 15) is 4.79 Å². The first kappa shape index (κ1) is 14.9. The summed E-state index contributed by atoms with van der Waals surface area (Å²) in [4.78, 5) is 11.9. The predicted molar refractivity (Wildman–Crippen MR) is 81.1 cm³/mol. The van der Waals surface area contributed by atoms with Crippen molar-refractivity contribution in [2.45, 2.75) is 33.1 Å². The van der Waals surface area contributed by atoms with Crippen LogP contribution in [0.25, 0.3) is 0 Å². The van der Waals surface area contributed by atoms with Crippen molar-refractivity contribution in [3.63, 3.8) is 0 Å². The summed E-state index contributed by atoms with van der Waals surface area (Å²) in [5, 5.41) is 5.86. The summed E-state index contributed by atoms with van der Waals surface area (Å²) in [5.74, 6) is 0.587. The molecule has 110 valence electrons. The highest BCUT2D eigenvalue weighted by atomic mass is 16.5. The maximum atomic E-state index is 11.9. The van der Waals surface area contributed by atoms with Crippen molar-refractivity contribution in [1.82, 2.24) is 5.32 Å². The van der Waals surface area contributed by atoms with Gasteiger partial charge in [0.1, 0.15) is 0 Å². The predicted octanol–water partition coefficient (Wildman–Crippen LogP) is 3.24. The number of benzene rings is 1. The molecule has 0 radical (unpaired) electrons. The maximum absolute atomic E-state index is 11.9. The molecular weight excluding hydrogens is 252 g/mol. The van der Waals surface area contributed by atoms with Gasteiger partial charge in [-0.3, -0.25) is 0 Å². The first-order valence-corrected chi connectivity index (χ1v) is 7.35. The number of ether oxygens (including phenoxy) is 1. The van der Waals surface area contributed by atoms with E-state index < -0.39 is 0 Å². The lowest BCUT2D eigenvalue weighted by Gasteiger charge is -2.22. The molecule has 0 aliphatic carbocycles. The molecule has 1 aromatic rings. The Morgan fingerprint density at radius 1 is 1.35 bits per heavy atom. The van der Waals surface area contributed by atoms with Crippen molar-refractivity contribution in [3.05, 3.63) is 29.3 Å². The molecule has 2 N–H and O–H groups in total. The first-order chi connectivity index (χ1) is 9.66. The summed E-state index contributed by atoms with van der Waals surface area (Å²) < 4.78 is 5.44. The molecule has 4 heteroatoms. The second-order valence-corrected chi connectivity index (χ2v) is 5.52. The monoisotopic (exact) mass is 276 g/mol. The molecule has 1 fully saturated rings. The quantitative estimate of drug-likeness (QED) is 0.887. The molecule has 2 amide bonds. The van der Waals surface area contributed by atoms with Crippen LogP contribution in [0.1, 0.15) is 30.4 Å². The molecule has 0 unspecified atom stereocenters. The largest absolute Gasteiger partial charge is 0.381 e. The second kappa shape index (κ2) is 7.29. The molecular formula is C16H24N2O2. The Kier molecular flexibility index (Phi) is 5.41. The van der Waals surface area contributed by atoms with E-state index in [1.807, 2.05) is 32.0 Å². The van der Waals surface area contributed by atoms with Crippen LogP contribution in [0, 0.1) is 19.8 Å². The minimum absolute atomic E-state index is 0.126. The third-order valence-corrected chi connectivity index (χ3v) is 3.81. The molecule has 1 aliphatic heterocycles. The van der Waals surface area contributed by atoms with Crippen LogP contribution in [0.2, 0.25) is 0 Å². The van der Waals surface area contributed by atoms with Gasteiger partial charge in [-0.25, -0.2) is 4.79 Å². The molecule has 0 saturated carbocycles. The molecule has 2 rings (SSSR count). The van der Waals surface area contributed by atoms with Gasteiger partial charge in [0.15, 0.2) is 0 Å². The van der Waals surface area contributed by atoms with Crippen molar-refractivity contribution >= 4 is 11.7 Å². The van der Waals surface area contributed by atoms with E-state index in [1.165, 1.54) is 6.42 Å². The Hall–Kier alpha value is -1.55. The second-order valence-electron chi connectivity index (χ2n) is 5.52. The van der Waals surface area contributed by atoms with Crippen LogP contribution in [-0.2, 0) is 4.74 Å². The summed E-state index contributed by atoms with van der Waals surface area (Å²) in [5.41, 5.74) is 3.08. The molecule has 1 heterocycles. The fourth-order valence-corrected chi connectivity index (χ4v) is 2.59. The molecule has 0 aromatic heterocycles. The minimum atomic E-state index is -0.126. The molecule has 1 atom stereocenters. The van der Waals surface area contributed by atoms with Crippen LogP contribution >= 0.6 is 0 Å². The number of rotatable bonds is 4. The lowest BCUT2D eigenvalue weighted by Crippen LogP contribution is -2.32. The van der Waals surface area contributed by atoms with Crippen LogP contribution in [0.15, 0.2) is 18.2 Å². The summed E-state index contributed by atoms with van der Waals surface area (Å²) in [7, 11) is 0. The van der Waals surface area contributed by atoms with Gasteiger partial charge in [-0.2, -0.15) is 0 Å². The molecule has 0 spiro atoms. The maximum Gasteiger partial charge on any atom is 0.319 e. The number of aryl methyl sites for hydroxylation is 2. The van der Waals surface area contributed by atoms with Crippen molar-refractivity contribution in [2.75, 3.05) is 25.1 Å². The first-order valence-electron chi connectivity index (χ1n) is 7.35. The van der Waals surface area contributed by atoms with Gasteiger partial charge in [0.05, 0.1) is 0 Å². The zero-order valence-electron chi connectivity index (χ0n) is 12.4. The summed E-state index contributed by atoms with van der Waals surface area (Å²) >= 11 is 0. The van der Waals surface area contributed by atoms with Gasteiger partial charge >= 0.3 is 6.03 Å². The lowest BCUT2D eigenvalue weighted by atomic mass is 9.99. The zero-order chi connectivity index (χ0) is 14.4. The summed E-state index contributed by atoms with van der Waals surface area (Å²) in [6.45, 7) is 6.42. The molecule has 0 bridgehead atoms. The van der Waals surface area contributed by atoms with Gasteiger partial charge in [-0.15, -0.1) is 0 Å². The Bertz CT molecular complexity index is 434. The van der Waals surface area contributed by atoms with Gasteiger partial charge in [-0.05, 0) is 50.2 Å². The zero-order valence-corrected chi connectivity index (χ0v) is 12.4. The average molecular weight is 276 g/mol. The number of anilines is 1. The smallest absolute Gasteiger partial charge is 0.319 e. The topological polar surface area (TPSA) is 50.4 Å². The third-order valence-electron chi connectivity index (χ3n) is 3.81. The number of carbonyl (C=O) groups is 1. The number of para-hydroxylation sites is 1. The highest BCUT2D eigenvalue weighted by molar-refractivity contribution is 5.90. The number of hydrogen-bond donors (Lipinski definition) is 2. The fourth-order valence-electron chi connectivity index (χ4n) is 2.59. The van der Waals surface area contributed by atoms with Crippen molar-refractivity contribution < 1.29 is 9.53 Å². The lowest BCUT2D eigenvalue weighted by molar-refractivity contribution is 0.0520. The Balaban J connectivity index is 1.75. The molecule has 4 nitrogen and oxygen atoms in total. The highest BCUT2D eigenvalue weighted by Gasteiger charge is 2.14. The molecule has 1 aromatic carbocycles. The van der Waals surface area contributed by atoms with Crippen molar-refractivity contribution in [1.29, 1.82) is 0 Å². The van der Waals surface area contributed by atoms with Gasteiger partial charge < -0.3 is 15.4 Å². The van der Waals surface area contributed by atoms with Gasteiger partial charge in [0, 0.05) is 25.4 Å². The standard InChI is InChI=1S/C16H24N2O2/c1-12-5-3-6-13(2)15(12)18-16(19)17-9-8-14-7-4-10-20-11-14/h3,5-6,14H,4,7-11H2,1-2H3,(H2,17,18,19)/t14-/m1/s1. The number of urea groups is 1. The van der Waals surface area contributed by atoms with Crippen LogP contribution in [0.5, 0.6) is 0 Å². The summed E-state index contributed by atoms with van der Waals surface area (Å²) in [6.07, 6.45) is 3.33. The fraction of sp³-hybridized carbons (Fsp3) is 0.562. The van der Waals surface area contributed by atoms with E-state index in [-0.39, 0.29) is 6.03 Å². The van der Waals surface area contributed by atoms with Crippen LogP contribution < -0.4 is 10.6 Å². The van der Waals surface area contributed by atoms with E-state index in [2.05, 4.69) is 10.6 Å². The number of carbonyl (C=O) groups excluding carboxylic acids is 1. The van der Waals surface area contributed by atoms with Crippen LogP contribution in [-0.4, -0.2) is 25.8 Å². The Morgan fingerprint density at radius 2 is 2.10 bits per heavy atom. The van der Waals surface area contributed by atoms with Crippen molar-refractivity contribution in [2.24, 2.45) is 5.92 Å². The highest BCUT2D eigenvalue weighted by Crippen LogP contribution is 2.19. The number of amides is 2. The normalized spacial score (nSPS) is 18.6. The van der Waals surface area contributed by atoms with E-state index in [0.717, 1.165) is 42.9 Å². The van der Waals surface area contributed by atoms with E-state index in [0.29, 0.717) is 12.5 Å². The van der Waals surface area contributed by atoms with Crippen LogP contribution in [0.4, 0.5) is 10.5 Å². The number of nitrogens with one attached hydrogen (secondary N) is 2. The SMILES string of the molecule is Cc1cccc(C)c1NC(=O)NCC[C@H]1CCCOC1. The van der Waals surface area contributed by atoms with Crippen LogP contribution in [0.3, 0.4) is 0 Å². The van der Waals surface area contributed by atoms with E-state index >= 15 is 0 Å². The van der Waals surface area contributed by atoms with Gasteiger partial charge in [0.2, 0.25) is 0 Å². The van der Waals surface area contributed by atoms with Gasteiger partial charge in [-0.1, -0.05) is 18.2 Å². The molecule has 1 saturated heterocycles. The molecule has 20 heavy (non-hydrogen) atoms. The van der Waals surface area contributed by atoms with Crippen molar-refractivity contribution in [3.8, 4) is 0 Å². The minimum Gasteiger partial charge on any atom is -0.381 e.